The van der Waals surface area contributed by atoms with Gasteiger partial charge in [-0.1, -0.05) is 0 Å². The van der Waals surface area contributed by atoms with E-state index in [1.165, 1.54) is 12.1 Å². The molecule has 0 unspecified atom stereocenters. The van der Waals surface area contributed by atoms with E-state index in [-0.39, 0.29) is 18.8 Å². The zero-order valence-electron chi connectivity index (χ0n) is 11.6. The highest BCUT2D eigenvalue weighted by atomic mass is 19.4. The van der Waals surface area contributed by atoms with Gasteiger partial charge in [-0.3, -0.25) is 0 Å². The van der Waals surface area contributed by atoms with E-state index in [1.807, 2.05) is 0 Å². The molecule has 0 bridgehead atoms. The average molecular weight is 325 g/mol. The molecule has 1 aliphatic heterocycles. The maximum absolute atomic E-state index is 12.4. The lowest BCUT2D eigenvalue weighted by molar-refractivity contribution is -0.137. The van der Waals surface area contributed by atoms with Crippen LogP contribution >= 0.6 is 0 Å². The molecule has 1 aromatic carbocycles. The van der Waals surface area contributed by atoms with Crippen molar-refractivity contribution in [1.29, 1.82) is 0 Å². The molecular weight excluding hydrogens is 309 g/mol. The summed E-state index contributed by atoms with van der Waals surface area (Å²) in [6, 6.07) is 4.47. The topological polar surface area (TPSA) is 30.5 Å². The molecule has 3 nitrogen and oxygen atoms in total. The quantitative estimate of drug-likeness (QED) is 0.813. The summed E-state index contributed by atoms with van der Waals surface area (Å²) in [7, 11) is 0. The fourth-order valence-corrected chi connectivity index (χ4v) is 2.31. The number of ether oxygens (including phenoxy) is 2. The van der Waals surface area contributed by atoms with E-state index in [0.717, 1.165) is 12.1 Å². The maximum Gasteiger partial charge on any atom is 0.416 e. The molecule has 1 aliphatic rings. The molecule has 22 heavy (non-hydrogen) atoms. The van der Waals surface area contributed by atoms with E-state index < -0.39 is 18.4 Å². The molecule has 2 atom stereocenters. The van der Waals surface area contributed by atoms with Crippen molar-refractivity contribution in [1.82, 2.24) is 5.32 Å². The van der Waals surface area contributed by atoms with E-state index in [0.29, 0.717) is 25.1 Å². The highest BCUT2D eigenvalue weighted by Gasteiger charge is 2.30. The summed E-state index contributed by atoms with van der Waals surface area (Å²) in [6.07, 6.45) is -3.55. The van der Waals surface area contributed by atoms with Crippen molar-refractivity contribution in [3.63, 3.8) is 0 Å². The molecule has 0 amide bonds. The lowest BCUT2D eigenvalue weighted by Gasteiger charge is -2.14. The van der Waals surface area contributed by atoms with Gasteiger partial charge < -0.3 is 14.8 Å². The Labute approximate surface area is 124 Å². The second-order valence-electron chi connectivity index (χ2n) is 5.02. The Morgan fingerprint density at radius 3 is 2.45 bits per heavy atom. The SMILES string of the molecule is FC(F)OCC[C@@H]1C[C@H](Oc2ccc(C(F)(F)F)cc2)CN1. The molecule has 0 aromatic heterocycles. The van der Waals surface area contributed by atoms with Crippen molar-refractivity contribution in [2.75, 3.05) is 13.2 Å². The Balaban J connectivity index is 1.78. The number of nitrogens with one attached hydrogen (secondary N) is 1. The number of halogens is 5. The lowest BCUT2D eigenvalue weighted by atomic mass is 10.1. The van der Waals surface area contributed by atoms with Crippen LogP contribution in [0, 0.1) is 0 Å². The molecule has 0 aliphatic carbocycles. The molecule has 0 spiro atoms. The van der Waals surface area contributed by atoms with Gasteiger partial charge in [-0.2, -0.15) is 22.0 Å². The van der Waals surface area contributed by atoms with Crippen LogP contribution in [0.1, 0.15) is 18.4 Å². The van der Waals surface area contributed by atoms with Crippen LogP contribution in [0.15, 0.2) is 24.3 Å². The molecule has 1 saturated heterocycles. The number of hydrogen-bond donors (Lipinski definition) is 1. The first-order chi connectivity index (χ1) is 10.3. The summed E-state index contributed by atoms with van der Waals surface area (Å²) in [5, 5.41) is 3.11. The Hall–Kier alpha value is -1.41. The van der Waals surface area contributed by atoms with E-state index in [2.05, 4.69) is 10.1 Å². The van der Waals surface area contributed by atoms with Crippen molar-refractivity contribution in [3.8, 4) is 5.75 Å². The molecule has 0 radical (unpaired) electrons. The minimum absolute atomic E-state index is 0.00167. The predicted molar refractivity (Wildman–Crippen MR) is 68.8 cm³/mol. The summed E-state index contributed by atoms with van der Waals surface area (Å²) in [4.78, 5) is 0. The second-order valence-corrected chi connectivity index (χ2v) is 5.02. The summed E-state index contributed by atoms with van der Waals surface area (Å²) in [5.74, 6) is 0.351. The fraction of sp³-hybridized carbons (Fsp3) is 0.571. The minimum Gasteiger partial charge on any atom is -0.489 e. The number of rotatable bonds is 6. The standard InChI is InChI=1S/C14H16F5NO2/c15-13(16)21-6-5-10-7-12(8-20-10)22-11-3-1-9(2-4-11)14(17,18)19/h1-4,10,12-13,20H,5-8H2/t10-,12+/m1/s1. The van der Waals surface area contributed by atoms with Gasteiger partial charge in [-0.05, 0) is 30.7 Å². The Bertz CT molecular complexity index is 463. The summed E-state index contributed by atoms with van der Waals surface area (Å²) in [6.45, 7) is -2.32. The normalized spacial score (nSPS) is 22.3. The summed E-state index contributed by atoms with van der Waals surface area (Å²) >= 11 is 0. The third-order valence-electron chi connectivity index (χ3n) is 3.38. The van der Waals surface area contributed by atoms with Crippen molar-refractivity contribution in [2.24, 2.45) is 0 Å². The van der Waals surface area contributed by atoms with Gasteiger partial charge in [0.2, 0.25) is 0 Å². The smallest absolute Gasteiger partial charge is 0.416 e. The first-order valence-electron chi connectivity index (χ1n) is 6.81. The largest absolute Gasteiger partial charge is 0.489 e. The Morgan fingerprint density at radius 2 is 1.86 bits per heavy atom. The Kier molecular flexibility index (Phi) is 5.57. The van der Waals surface area contributed by atoms with E-state index in [4.69, 9.17) is 4.74 Å². The van der Waals surface area contributed by atoms with Crippen molar-refractivity contribution >= 4 is 0 Å². The highest BCUT2D eigenvalue weighted by Crippen LogP contribution is 2.30. The summed E-state index contributed by atoms with van der Waals surface area (Å²) in [5.41, 5.74) is -0.730. The van der Waals surface area contributed by atoms with Gasteiger partial charge in [-0.15, -0.1) is 0 Å². The van der Waals surface area contributed by atoms with E-state index >= 15 is 0 Å². The maximum atomic E-state index is 12.4. The molecule has 1 aromatic rings. The number of hydrogen-bond acceptors (Lipinski definition) is 3. The molecule has 1 N–H and O–H groups in total. The third kappa shape index (κ3) is 5.10. The Morgan fingerprint density at radius 1 is 1.18 bits per heavy atom. The minimum atomic E-state index is -4.37. The van der Waals surface area contributed by atoms with Crippen LogP contribution in [-0.4, -0.2) is 31.9 Å². The van der Waals surface area contributed by atoms with Crippen LogP contribution in [0.2, 0.25) is 0 Å². The van der Waals surface area contributed by atoms with Crippen molar-refractivity contribution in [3.05, 3.63) is 29.8 Å². The van der Waals surface area contributed by atoms with Gasteiger partial charge in [0.05, 0.1) is 12.2 Å². The molecule has 1 fully saturated rings. The molecule has 124 valence electrons. The van der Waals surface area contributed by atoms with Gasteiger partial charge in [0.1, 0.15) is 11.9 Å². The van der Waals surface area contributed by atoms with Gasteiger partial charge in [0.15, 0.2) is 0 Å². The van der Waals surface area contributed by atoms with E-state index in [9.17, 15) is 22.0 Å². The number of alkyl halides is 5. The van der Waals surface area contributed by atoms with Crippen LogP contribution in [0.3, 0.4) is 0 Å². The van der Waals surface area contributed by atoms with Crippen LogP contribution in [-0.2, 0) is 10.9 Å². The average Bonchev–Trinajstić information content (AvgIpc) is 2.85. The second kappa shape index (κ2) is 7.23. The van der Waals surface area contributed by atoms with Gasteiger partial charge in [0, 0.05) is 19.0 Å². The highest BCUT2D eigenvalue weighted by molar-refractivity contribution is 5.29. The first kappa shape index (κ1) is 17.0. The van der Waals surface area contributed by atoms with Crippen molar-refractivity contribution < 1.29 is 31.4 Å². The fourth-order valence-electron chi connectivity index (χ4n) is 2.31. The van der Waals surface area contributed by atoms with Crippen LogP contribution in [0.5, 0.6) is 5.75 Å². The van der Waals surface area contributed by atoms with Crippen LogP contribution in [0.25, 0.3) is 0 Å². The number of benzene rings is 1. The molecule has 8 heteroatoms. The monoisotopic (exact) mass is 325 g/mol. The zero-order chi connectivity index (χ0) is 16.2. The van der Waals surface area contributed by atoms with Gasteiger partial charge in [0.25, 0.3) is 0 Å². The molecule has 0 saturated carbocycles. The molecular formula is C14H16F5NO2. The first-order valence-corrected chi connectivity index (χ1v) is 6.81. The molecule has 2 rings (SSSR count). The predicted octanol–water partition coefficient (Wildman–Crippen LogP) is 3.44. The van der Waals surface area contributed by atoms with E-state index in [1.54, 1.807) is 0 Å². The van der Waals surface area contributed by atoms with Crippen LogP contribution < -0.4 is 10.1 Å². The summed E-state index contributed by atoms with van der Waals surface area (Å²) < 4.78 is 70.8. The zero-order valence-corrected chi connectivity index (χ0v) is 11.6. The molecule has 1 heterocycles. The third-order valence-corrected chi connectivity index (χ3v) is 3.38. The van der Waals surface area contributed by atoms with Gasteiger partial charge >= 0.3 is 12.8 Å². The van der Waals surface area contributed by atoms with Gasteiger partial charge in [-0.25, -0.2) is 0 Å². The lowest BCUT2D eigenvalue weighted by Crippen LogP contribution is -2.23. The van der Waals surface area contributed by atoms with Crippen molar-refractivity contribution in [2.45, 2.75) is 37.8 Å². The van der Waals surface area contributed by atoms with Crippen LogP contribution in [0.4, 0.5) is 22.0 Å².